The Bertz CT molecular complexity index is 2460. The molecule has 52 heavy (non-hydrogen) atoms. The number of nitrogens with zero attached hydrogens (tertiary/aromatic N) is 2. The Morgan fingerprint density at radius 1 is 0.596 bits per heavy atom. The van der Waals surface area contributed by atoms with Crippen molar-refractivity contribution in [3.05, 3.63) is 138 Å². The fraction of sp³-hybridized carbons (Fsp3) is 0.250. The summed E-state index contributed by atoms with van der Waals surface area (Å²) in [6.07, 6.45) is 1.81. The van der Waals surface area contributed by atoms with Gasteiger partial charge in [-0.1, -0.05) is 147 Å². The van der Waals surface area contributed by atoms with Crippen molar-refractivity contribution in [2.75, 3.05) is 0 Å². The smallest absolute Gasteiger partial charge is 0.128 e. The van der Waals surface area contributed by atoms with E-state index in [1.807, 2.05) is 24.4 Å². The minimum Gasteiger partial charge on any atom is -0.507 e. The van der Waals surface area contributed by atoms with Gasteiger partial charge in [0.2, 0.25) is 0 Å². The Labute approximate surface area is 312 Å². The van der Waals surface area contributed by atoms with Crippen LogP contribution in [0.4, 0.5) is 5.69 Å². The lowest BCUT2D eigenvalue weighted by Gasteiger charge is -2.27. The van der Waals surface area contributed by atoms with Gasteiger partial charge in [-0.25, -0.2) is 4.98 Å². The summed E-state index contributed by atoms with van der Waals surface area (Å²) >= 11 is 1.71. The molecule has 0 unspecified atom stereocenters. The Morgan fingerprint density at radius 2 is 1.19 bits per heavy atom. The van der Waals surface area contributed by atoms with E-state index in [2.05, 4.69) is 159 Å². The molecule has 0 aliphatic rings. The predicted molar refractivity (Wildman–Crippen MR) is 225 cm³/mol. The van der Waals surface area contributed by atoms with Crippen molar-refractivity contribution in [1.29, 1.82) is 0 Å². The SMILES string of the molecule is CC(C)(C)c1cc(C=Nc2ccccc2-c2nc3c(-c4ccc(-c5cccc6ccccc56)cc4)cc(C(C)(C)C)cc3s2)c(O)c(C(C)(C)C)c1. The largest absolute Gasteiger partial charge is 0.507 e. The van der Waals surface area contributed by atoms with E-state index in [1.165, 1.54) is 33.0 Å². The lowest BCUT2D eigenvalue weighted by Crippen LogP contribution is -2.17. The molecule has 6 aromatic carbocycles. The zero-order chi connectivity index (χ0) is 37.0. The maximum atomic E-state index is 11.4. The van der Waals surface area contributed by atoms with Crippen LogP contribution in [-0.4, -0.2) is 16.3 Å². The van der Waals surface area contributed by atoms with Crippen LogP contribution in [0.3, 0.4) is 0 Å². The molecule has 4 heteroatoms. The van der Waals surface area contributed by atoms with Crippen LogP contribution in [0.5, 0.6) is 5.75 Å². The Kier molecular flexibility index (Phi) is 8.95. The van der Waals surface area contributed by atoms with Crippen LogP contribution in [0.15, 0.2) is 120 Å². The van der Waals surface area contributed by atoms with Gasteiger partial charge in [0.1, 0.15) is 10.8 Å². The molecule has 0 fully saturated rings. The number of phenolic OH excluding ortho intramolecular Hbond substituents is 1. The zero-order valence-electron chi connectivity index (χ0n) is 31.8. The molecule has 1 N–H and O–H groups in total. The van der Waals surface area contributed by atoms with Crippen molar-refractivity contribution < 1.29 is 5.11 Å². The molecule has 0 spiro atoms. The van der Waals surface area contributed by atoms with Crippen LogP contribution in [0.2, 0.25) is 0 Å². The van der Waals surface area contributed by atoms with Crippen molar-refractivity contribution in [2.45, 2.75) is 78.6 Å². The molecule has 0 saturated heterocycles. The van der Waals surface area contributed by atoms with E-state index < -0.39 is 0 Å². The third kappa shape index (κ3) is 6.92. The van der Waals surface area contributed by atoms with Gasteiger partial charge in [-0.15, -0.1) is 11.3 Å². The second-order valence-corrected chi connectivity index (χ2v) is 18.0. The minimum atomic E-state index is -0.216. The van der Waals surface area contributed by atoms with Crippen LogP contribution in [0.25, 0.3) is 53.8 Å². The molecule has 1 heterocycles. The summed E-state index contributed by atoms with van der Waals surface area (Å²) in [6, 6.07) is 41.0. The first-order chi connectivity index (χ1) is 24.6. The highest BCUT2D eigenvalue weighted by Crippen LogP contribution is 2.43. The first-order valence-corrected chi connectivity index (χ1v) is 18.9. The van der Waals surface area contributed by atoms with Gasteiger partial charge in [0.25, 0.3) is 0 Å². The first-order valence-electron chi connectivity index (χ1n) is 18.1. The number of benzene rings is 6. The number of hydrogen-bond donors (Lipinski definition) is 1. The Morgan fingerprint density at radius 3 is 1.88 bits per heavy atom. The van der Waals surface area contributed by atoms with Gasteiger partial charge in [-0.3, -0.25) is 4.99 Å². The average Bonchev–Trinajstić information content (AvgIpc) is 3.54. The lowest BCUT2D eigenvalue weighted by molar-refractivity contribution is 0.444. The summed E-state index contributed by atoms with van der Waals surface area (Å²) in [5, 5.41) is 14.9. The number of phenols is 1. The van der Waals surface area contributed by atoms with Gasteiger partial charge in [-0.05, 0) is 85.2 Å². The molecule has 0 amide bonds. The number of fused-ring (bicyclic) bond motifs is 2. The van der Waals surface area contributed by atoms with E-state index in [-0.39, 0.29) is 22.0 Å². The topological polar surface area (TPSA) is 45.5 Å². The van der Waals surface area contributed by atoms with E-state index in [0.29, 0.717) is 0 Å². The minimum absolute atomic E-state index is 0.0340. The van der Waals surface area contributed by atoms with Gasteiger partial charge < -0.3 is 5.11 Å². The lowest BCUT2D eigenvalue weighted by atomic mass is 9.79. The van der Waals surface area contributed by atoms with E-state index >= 15 is 0 Å². The van der Waals surface area contributed by atoms with Gasteiger partial charge in [-0.2, -0.15) is 0 Å². The molecule has 0 aliphatic carbocycles. The molecule has 3 nitrogen and oxygen atoms in total. The molecule has 0 saturated carbocycles. The van der Waals surface area contributed by atoms with Gasteiger partial charge in [0.15, 0.2) is 0 Å². The number of rotatable bonds is 5. The van der Waals surface area contributed by atoms with Crippen LogP contribution >= 0.6 is 11.3 Å². The van der Waals surface area contributed by atoms with Gasteiger partial charge >= 0.3 is 0 Å². The van der Waals surface area contributed by atoms with Crippen molar-refractivity contribution >= 4 is 44.2 Å². The van der Waals surface area contributed by atoms with Crippen LogP contribution in [0.1, 0.15) is 84.6 Å². The number of aromatic hydroxyl groups is 1. The maximum absolute atomic E-state index is 11.4. The number of para-hydroxylation sites is 1. The highest BCUT2D eigenvalue weighted by molar-refractivity contribution is 7.21. The number of aliphatic imine (C=N–C) groups is 1. The molecule has 0 aliphatic heterocycles. The molecule has 0 radical (unpaired) electrons. The summed E-state index contributed by atoms with van der Waals surface area (Å²) in [5.74, 6) is 0.285. The summed E-state index contributed by atoms with van der Waals surface area (Å²) in [6.45, 7) is 19.8. The second kappa shape index (κ2) is 13.2. The highest BCUT2D eigenvalue weighted by atomic mass is 32.1. The van der Waals surface area contributed by atoms with Crippen molar-refractivity contribution in [3.8, 4) is 38.6 Å². The van der Waals surface area contributed by atoms with Crippen LogP contribution < -0.4 is 0 Å². The van der Waals surface area contributed by atoms with Crippen LogP contribution in [0, 0.1) is 0 Å². The molecule has 1 aromatic heterocycles. The average molecular weight is 701 g/mol. The molecule has 262 valence electrons. The van der Waals surface area contributed by atoms with Crippen molar-refractivity contribution in [2.24, 2.45) is 4.99 Å². The van der Waals surface area contributed by atoms with Crippen molar-refractivity contribution in [1.82, 2.24) is 4.98 Å². The highest BCUT2D eigenvalue weighted by Gasteiger charge is 2.25. The van der Waals surface area contributed by atoms with Gasteiger partial charge in [0.05, 0.1) is 15.9 Å². The summed E-state index contributed by atoms with van der Waals surface area (Å²) in [4.78, 5) is 10.3. The fourth-order valence-corrected chi connectivity index (χ4v) is 7.84. The van der Waals surface area contributed by atoms with Crippen LogP contribution in [-0.2, 0) is 16.2 Å². The van der Waals surface area contributed by atoms with Crippen molar-refractivity contribution in [3.63, 3.8) is 0 Å². The first kappa shape index (κ1) is 35.3. The molecule has 0 atom stereocenters. The second-order valence-electron chi connectivity index (χ2n) is 17.0. The molecule has 7 rings (SSSR count). The summed E-state index contributed by atoms with van der Waals surface area (Å²) in [7, 11) is 0. The zero-order valence-corrected chi connectivity index (χ0v) is 32.6. The predicted octanol–water partition coefficient (Wildman–Crippen LogP) is 13.8. The van der Waals surface area contributed by atoms with E-state index in [4.69, 9.17) is 9.98 Å². The fourth-order valence-electron chi connectivity index (χ4n) is 6.77. The van der Waals surface area contributed by atoms with Gasteiger partial charge in [0, 0.05) is 28.5 Å². The third-order valence-corrected chi connectivity index (χ3v) is 11.0. The molecular weight excluding hydrogens is 653 g/mol. The Balaban J connectivity index is 1.32. The maximum Gasteiger partial charge on any atom is 0.128 e. The number of aromatic nitrogens is 1. The van der Waals surface area contributed by atoms with E-state index in [9.17, 15) is 5.11 Å². The molecule has 0 bridgehead atoms. The number of hydrogen-bond acceptors (Lipinski definition) is 4. The molecular formula is C48H48N2OS. The van der Waals surface area contributed by atoms with E-state index in [0.717, 1.165) is 48.7 Å². The molecule has 7 aromatic rings. The normalized spacial score (nSPS) is 12.7. The monoisotopic (exact) mass is 700 g/mol. The quantitative estimate of drug-likeness (QED) is 0.182. The third-order valence-electron chi connectivity index (χ3n) is 9.95. The Hall–Kier alpha value is -5.06. The summed E-state index contributed by atoms with van der Waals surface area (Å²) in [5.41, 5.74) is 11.3. The standard InChI is InChI=1S/C48H48N2OS/c1-46(2,3)34-25-33(44(51)40(27-34)48(7,8)9)29-49-41-20-13-12-18-38(41)45-50-43-39(26-35(47(4,5)6)28-42(43)52-45)32-23-21-31(22-24-32)37-19-14-16-30-15-10-11-17-36(30)37/h10-29,51H,1-9H3. The number of thiazole rings is 1. The summed E-state index contributed by atoms with van der Waals surface area (Å²) < 4.78 is 1.15. The van der Waals surface area contributed by atoms with E-state index in [1.54, 1.807) is 11.3 Å².